The predicted molar refractivity (Wildman–Crippen MR) is 99.8 cm³/mol. The van der Waals surface area contributed by atoms with Crippen LogP contribution in [0.2, 0.25) is 10.0 Å². The summed E-state index contributed by atoms with van der Waals surface area (Å²) in [5.41, 5.74) is 2.18. The smallest absolute Gasteiger partial charge is 0.272 e. The largest absolute Gasteiger partial charge is 0.479 e. The fraction of sp³-hybridized carbons (Fsp3) is 0.211. The van der Waals surface area contributed by atoms with E-state index >= 15 is 0 Å². The van der Waals surface area contributed by atoms with Gasteiger partial charge in [0.15, 0.2) is 6.10 Å². The Morgan fingerprint density at radius 3 is 2.64 bits per heavy atom. The van der Waals surface area contributed by atoms with Gasteiger partial charge in [-0.3, -0.25) is 9.36 Å². The molecule has 0 amide bonds. The molecule has 1 atom stereocenters. The van der Waals surface area contributed by atoms with E-state index in [1.54, 1.807) is 29.7 Å². The average molecular weight is 378 g/mol. The van der Waals surface area contributed by atoms with Gasteiger partial charge in [0.25, 0.3) is 5.91 Å². The van der Waals surface area contributed by atoms with Gasteiger partial charge >= 0.3 is 0 Å². The molecular weight excluding hydrogens is 361 g/mol. The maximum absolute atomic E-state index is 13.0. The third-order valence-corrected chi connectivity index (χ3v) is 4.70. The summed E-state index contributed by atoms with van der Waals surface area (Å²) < 4.78 is 7.32. The Morgan fingerprint density at radius 2 is 1.96 bits per heavy atom. The van der Waals surface area contributed by atoms with E-state index in [0.29, 0.717) is 21.5 Å². The normalized spacial score (nSPS) is 12.4. The summed E-state index contributed by atoms with van der Waals surface area (Å²) in [6.45, 7) is 3.34. The van der Waals surface area contributed by atoms with E-state index in [9.17, 15) is 9.90 Å². The number of carbonyl (C=O) groups is 1. The van der Waals surface area contributed by atoms with E-state index in [1.165, 1.54) is 0 Å². The fourth-order valence-electron chi connectivity index (χ4n) is 2.91. The minimum absolute atomic E-state index is 0.134. The van der Waals surface area contributed by atoms with Gasteiger partial charge in [-0.2, -0.15) is 0 Å². The van der Waals surface area contributed by atoms with Gasteiger partial charge in [-0.1, -0.05) is 41.4 Å². The minimum Gasteiger partial charge on any atom is -0.479 e. The monoisotopic (exact) mass is 377 g/mol. The van der Waals surface area contributed by atoms with Crippen molar-refractivity contribution in [3.05, 3.63) is 63.8 Å². The molecule has 0 saturated carbocycles. The van der Waals surface area contributed by atoms with Crippen LogP contribution >= 0.6 is 23.2 Å². The Hall–Kier alpha value is -2.01. The molecule has 1 N–H and O–H groups in total. The van der Waals surface area contributed by atoms with Gasteiger partial charge in [0, 0.05) is 21.7 Å². The molecule has 0 unspecified atom stereocenters. The van der Waals surface area contributed by atoms with Gasteiger partial charge in [-0.25, -0.2) is 0 Å². The molecule has 3 rings (SSSR count). The van der Waals surface area contributed by atoms with E-state index in [1.807, 2.05) is 31.2 Å². The summed E-state index contributed by atoms with van der Waals surface area (Å²) in [7, 11) is 0. The first-order chi connectivity index (χ1) is 11.9. The maximum Gasteiger partial charge on any atom is 0.272 e. The zero-order valence-electron chi connectivity index (χ0n) is 13.8. The van der Waals surface area contributed by atoms with Crippen LogP contribution in [0.1, 0.15) is 23.0 Å². The molecule has 25 heavy (non-hydrogen) atoms. The lowest BCUT2D eigenvalue weighted by Gasteiger charge is -2.17. The van der Waals surface area contributed by atoms with Crippen LogP contribution in [0.15, 0.2) is 42.5 Å². The average Bonchev–Trinajstić information content (AvgIpc) is 2.87. The molecule has 0 radical (unpaired) electrons. The molecule has 0 saturated heterocycles. The molecule has 0 aliphatic heterocycles. The van der Waals surface area contributed by atoms with Crippen LogP contribution in [-0.2, 0) is 6.61 Å². The number of nitrogens with zero attached hydrogens (tertiary/aromatic N) is 1. The second kappa shape index (κ2) is 7.08. The fourth-order valence-corrected chi connectivity index (χ4v) is 3.36. The van der Waals surface area contributed by atoms with E-state index in [-0.39, 0.29) is 12.5 Å². The van der Waals surface area contributed by atoms with E-state index in [2.05, 4.69) is 0 Å². The Morgan fingerprint density at radius 1 is 1.24 bits per heavy atom. The molecule has 0 bridgehead atoms. The van der Waals surface area contributed by atoms with Crippen LogP contribution in [0.5, 0.6) is 5.75 Å². The van der Waals surface area contributed by atoms with Crippen molar-refractivity contribution >= 4 is 40.0 Å². The van der Waals surface area contributed by atoms with Crippen molar-refractivity contribution in [2.75, 3.05) is 0 Å². The number of halogens is 2. The molecule has 1 heterocycles. The van der Waals surface area contributed by atoms with E-state index < -0.39 is 6.10 Å². The van der Waals surface area contributed by atoms with Gasteiger partial charge in [0.1, 0.15) is 5.75 Å². The first-order valence-corrected chi connectivity index (χ1v) is 8.55. The summed E-state index contributed by atoms with van der Waals surface area (Å²) in [5.74, 6) is 0.155. The molecule has 3 aromatic rings. The van der Waals surface area contributed by atoms with Crippen molar-refractivity contribution in [3.8, 4) is 5.75 Å². The van der Waals surface area contributed by atoms with Crippen LogP contribution in [0.25, 0.3) is 10.9 Å². The third kappa shape index (κ3) is 3.25. The number of carbonyl (C=O) groups excluding carboxylic acids is 1. The molecule has 130 valence electrons. The van der Waals surface area contributed by atoms with Crippen LogP contribution in [-0.4, -0.2) is 21.7 Å². The standard InChI is InChI=1S/C19H17Cl2NO3/c1-11-15(10-23)14-5-3-4-6-17(14)22(11)19(24)12(2)25-18-8-7-13(20)9-16(18)21/h3-9,12,23H,10H2,1-2H3/t12-/m1/s1. The molecule has 1 aromatic heterocycles. The third-order valence-electron chi connectivity index (χ3n) is 4.17. The predicted octanol–water partition coefficient (Wildman–Crippen LogP) is 4.86. The zero-order valence-corrected chi connectivity index (χ0v) is 15.3. The lowest BCUT2D eigenvalue weighted by molar-refractivity contribution is 0.0731. The highest BCUT2D eigenvalue weighted by molar-refractivity contribution is 6.35. The second-order valence-corrected chi connectivity index (χ2v) is 6.59. The van der Waals surface area contributed by atoms with Crippen molar-refractivity contribution in [2.24, 2.45) is 0 Å². The van der Waals surface area contributed by atoms with E-state index in [0.717, 1.165) is 16.5 Å². The number of aliphatic hydroxyl groups excluding tert-OH is 1. The number of aliphatic hydroxyl groups is 1. The van der Waals surface area contributed by atoms with Crippen molar-refractivity contribution in [1.82, 2.24) is 4.57 Å². The van der Waals surface area contributed by atoms with E-state index in [4.69, 9.17) is 27.9 Å². The summed E-state index contributed by atoms with van der Waals surface area (Å²) in [6.07, 6.45) is -0.764. The molecule has 0 aliphatic carbocycles. The number of rotatable bonds is 4. The van der Waals surface area contributed by atoms with Crippen molar-refractivity contribution in [2.45, 2.75) is 26.6 Å². The number of hydrogen-bond acceptors (Lipinski definition) is 3. The summed E-state index contributed by atoms with van der Waals surface area (Å²) >= 11 is 12.0. The molecule has 6 heteroatoms. The van der Waals surface area contributed by atoms with Gasteiger partial charge < -0.3 is 9.84 Å². The van der Waals surface area contributed by atoms with Crippen LogP contribution in [0, 0.1) is 6.92 Å². The highest BCUT2D eigenvalue weighted by Gasteiger charge is 2.24. The molecule has 0 spiro atoms. The first kappa shape index (κ1) is 17.8. The Bertz CT molecular complexity index is 949. The SMILES string of the molecule is Cc1c(CO)c2ccccc2n1C(=O)[C@@H](C)Oc1ccc(Cl)cc1Cl. The topological polar surface area (TPSA) is 51.5 Å². The number of para-hydroxylation sites is 1. The number of benzene rings is 2. The minimum atomic E-state index is -0.764. The van der Waals surface area contributed by atoms with Crippen LogP contribution in [0.3, 0.4) is 0 Å². The Kier molecular flexibility index (Phi) is 5.04. The number of hydrogen-bond donors (Lipinski definition) is 1. The first-order valence-electron chi connectivity index (χ1n) is 7.79. The molecule has 0 aliphatic rings. The molecular formula is C19H17Cl2NO3. The lowest BCUT2D eigenvalue weighted by atomic mass is 10.1. The number of ether oxygens (including phenoxy) is 1. The quantitative estimate of drug-likeness (QED) is 0.706. The van der Waals surface area contributed by atoms with Crippen LogP contribution < -0.4 is 4.74 Å². The van der Waals surface area contributed by atoms with Crippen molar-refractivity contribution in [1.29, 1.82) is 0 Å². The maximum atomic E-state index is 13.0. The zero-order chi connectivity index (χ0) is 18.1. The summed E-state index contributed by atoms with van der Waals surface area (Å²) in [6, 6.07) is 12.3. The van der Waals surface area contributed by atoms with Crippen molar-refractivity contribution < 1.29 is 14.6 Å². The lowest BCUT2D eigenvalue weighted by Crippen LogP contribution is -2.30. The second-order valence-electron chi connectivity index (χ2n) is 5.75. The number of aromatic nitrogens is 1. The van der Waals surface area contributed by atoms with Gasteiger partial charge in [-0.05, 0) is 38.1 Å². The highest BCUT2D eigenvalue weighted by Crippen LogP contribution is 2.30. The van der Waals surface area contributed by atoms with Gasteiger partial charge in [0.2, 0.25) is 0 Å². The Labute approximate surface area is 155 Å². The molecule has 2 aromatic carbocycles. The Balaban J connectivity index is 1.98. The summed E-state index contributed by atoms with van der Waals surface area (Å²) in [5, 5.41) is 11.4. The summed E-state index contributed by atoms with van der Waals surface area (Å²) in [4.78, 5) is 13.0. The van der Waals surface area contributed by atoms with Crippen molar-refractivity contribution in [3.63, 3.8) is 0 Å². The number of fused-ring (bicyclic) bond motifs is 1. The van der Waals surface area contributed by atoms with Crippen LogP contribution in [0.4, 0.5) is 0 Å². The molecule has 0 fully saturated rings. The van der Waals surface area contributed by atoms with Gasteiger partial charge in [-0.15, -0.1) is 0 Å². The van der Waals surface area contributed by atoms with Gasteiger partial charge in [0.05, 0.1) is 17.1 Å². The molecule has 4 nitrogen and oxygen atoms in total. The highest BCUT2D eigenvalue weighted by atomic mass is 35.5.